The van der Waals surface area contributed by atoms with Gasteiger partial charge in [-0.1, -0.05) is 86.6 Å². The van der Waals surface area contributed by atoms with Gasteiger partial charge < -0.3 is 40.9 Å². The molecule has 4 aromatic carbocycles. The number of hydrogen-bond acceptors (Lipinski definition) is 8. The lowest BCUT2D eigenvalue weighted by Crippen LogP contribution is -2.27. The fourth-order valence-electron chi connectivity index (χ4n) is 2.56. The number of hydrogen-bond donors (Lipinski definition) is 8. The van der Waals surface area contributed by atoms with Gasteiger partial charge in [0.2, 0.25) is 0 Å². The molecule has 8 N–H and O–H groups in total. The van der Waals surface area contributed by atoms with Gasteiger partial charge in [0.1, 0.15) is 0 Å². The van der Waals surface area contributed by atoms with Gasteiger partial charge >= 0.3 is 23.9 Å². The van der Waals surface area contributed by atoms with Gasteiger partial charge in [-0.25, -0.2) is 19.2 Å². The monoisotopic (exact) mass is 682 g/mol. The number of carboxylic acids is 4. The van der Waals surface area contributed by atoms with Crippen molar-refractivity contribution >= 4 is 23.9 Å². The van der Waals surface area contributed by atoms with Crippen LogP contribution in [0.1, 0.15) is 75.0 Å². The SMILES string of the molecule is CCC(C)(O)CO.CCC(O)CO.O=C(O)c1ccccc1.O=C(O)c1ccccc1.O=C(O)c1ccccc1.O=C(O)c1ccccc1. The minimum Gasteiger partial charge on any atom is -0.478 e. The first-order valence-corrected chi connectivity index (χ1v) is 14.9. The maximum absolute atomic E-state index is 10.2. The standard InChI is InChI=1S/4C7H6O2.C5H12O2.C4H10O2/c4*8-7(9)6-4-2-1-3-5-6;1-3-5(2,7)4-6;1-2-4(6)3-5/h4*1-5H,(H,8,9);6-7H,3-4H2,1-2H3;4-6H,2-3H2,1H3. The summed E-state index contributed by atoms with van der Waals surface area (Å²) in [5.74, 6) is -3.52. The molecule has 4 rings (SSSR count). The van der Waals surface area contributed by atoms with Crippen molar-refractivity contribution in [3.05, 3.63) is 144 Å². The first-order valence-electron chi connectivity index (χ1n) is 14.9. The summed E-state index contributed by atoms with van der Waals surface area (Å²) < 4.78 is 0. The fourth-order valence-corrected chi connectivity index (χ4v) is 2.56. The zero-order valence-electron chi connectivity index (χ0n) is 27.7. The third kappa shape index (κ3) is 25.4. The van der Waals surface area contributed by atoms with E-state index < -0.39 is 35.6 Å². The number of aromatic carboxylic acids is 4. The molecule has 0 heterocycles. The van der Waals surface area contributed by atoms with E-state index in [2.05, 4.69) is 0 Å². The predicted octanol–water partition coefficient (Wildman–Crippen LogP) is 5.43. The van der Waals surface area contributed by atoms with Gasteiger partial charge in [-0.2, -0.15) is 0 Å². The maximum Gasteiger partial charge on any atom is 0.335 e. The molecule has 266 valence electrons. The van der Waals surface area contributed by atoms with Gasteiger partial charge in [-0.05, 0) is 68.3 Å². The van der Waals surface area contributed by atoms with Gasteiger partial charge in [0, 0.05) is 0 Å². The average molecular weight is 683 g/mol. The van der Waals surface area contributed by atoms with E-state index in [9.17, 15) is 19.2 Å². The second-order valence-electron chi connectivity index (χ2n) is 9.94. The van der Waals surface area contributed by atoms with Crippen LogP contribution in [0.25, 0.3) is 0 Å². The van der Waals surface area contributed by atoms with Crippen molar-refractivity contribution in [1.82, 2.24) is 0 Å². The second kappa shape index (κ2) is 27.7. The second-order valence-corrected chi connectivity index (χ2v) is 9.94. The van der Waals surface area contributed by atoms with Crippen LogP contribution in [0.15, 0.2) is 121 Å². The Morgan fingerprint density at radius 1 is 0.531 bits per heavy atom. The van der Waals surface area contributed by atoms with E-state index >= 15 is 0 Å². The zero-order valence-corrected chi connectivity index (χ0v) is 27.7. The Hall–Kier alpha value is -5.40. The Kier molecular flexibility index (Phi) is 25.8. The molecule has 4 aromatic rings. The molecule has 49 heavy (non-hydrogen) atoms. The van der Waals surface area contributed by atoms with Crippen LogP contribution < -0.4 is 0 Å². The van der Waals surface area contributed by atoms with Gasteiger partial charge in [-0.3, -0.25) is 0 Å². The van der Waals surface area contributed by atoms with Gasteiger partial charge in [0.25, 0.3) is 0 Å². The molecule has 12 heteroatoms. The minimum absolute atomic E-state index is 0.115. The molecule has 0 aromatic heterocycles. The quantitative estimate of drug-likeness (QED) is 0.116. The van der Waals surface area contributed by atoms with E-state index in [4.69, 9.17) is 40.9 Å². The molecule has 0 aliphatic carbocycles. The van der Waals surface area contributed by atoms with Gasteiger partial charge in [0.05, 0.1) is 47.2 Å². The molecule has 0 amide bonds. The Morgan fingerprint density at radius 2 is 0.755 bits per heavy atom. The molecule has 2 unspecified atom stereocenters. The highest BCUT2D eigenvalue weighted by Gasteiger charge is 2.14. The smallest absolute Gasteiger partial charge is 0.335 e. The van der Waals surface area contributed by atoms with Crippen molar-refractivity contribution in [2.45, 2.75) is 45.3 Å². The number of carboxylic acid groups (broad SMARTS) is 4. The molecule has 12 nitrogen and oxygen atoms in total. The predicted molar refractivity (Wildman–Crippen MR) is 185 cm³/mol. The molecule has 0 radical (unpaired) electrons. The zero-order chi connectivity index (χ0) is 37.7. The fraction of sp³-hybridized carbons (Fsp3) is 0.243. The van der Waals surface area contributed by atoms with Crippen molar-refractivity contribution in [1.29, 1.82) is 0 Å². The van der Waals surface area contributed by atoms with Crippen LogP contribution in [0.3, 0.4) is 0 Å². The molecule has 2 atom stereocenters. The number of carbonyl (C=O) groups is 4. The topological polar surface area (TPSA) is 230 Å². The highest BCUT2D eigenvalue weighted by atomic mass is 16.4. The van der Waals surface area contributed by atoms with E-state index in [1.165, 1.54) is 0 Å². The number of aliphatic hydroxyl groups excluding tert-OH is 3. The first-order chi connectivity index (χ1) is 23.1. The summed E-state index contributed by atoms with van der Waals surface area (Å²) in [6.45, 7) is 4.99. The van der Waals surface area contributed by atoms with E-state index in [1.54, 1.807) is 128 Å². The van der Waals surface area contributed by atoms with Crippen molar-refractivity contribution in [3.63, 3.8) is 0 Å². The Balaban J connectivity index is 0. The number of benzene rings is 4. The van der Waals surface area contributed by atoms with Crippen LogP contribution >= 0.6 is 0 Å². The summed E-state index contributed by atoms with van der Waals surface area (Å²) in [6, 6.07) is 33.2. The highest BCUT2D eigenvalue weighted by Crippen LogP contribution is 2.04. The highest BCUT2D eigenvalue weighted by molar-refractivity contribution is 5.88. The summed E-state index contributed by atoms with van der Waals surface area (Å²) in [7, 11) is 0. The Bertz CT molecular complexity index is 1220. The van der Waals surface area contributed by atoms with Crippen LogP contribution in [-0.4, -0.2) is 89.6 Å². The Morgan fingerprint density at radius 3 is 0.816 bits per heavy atom. The summed E-state index contributed by atoms with van der Waals surface area (Å²) in [4.78, 5) is 40.8. The maximum atomic E-state index is 10.2. The largest absolute Gasteiger partial charge is 0.478 e. The van der Waals surface area contributed by atoms with Crippen LogP contribution in [-0.2, 0) is 0 Å². The third-order valence-corrected chi connectivity index (χ3v) is 5.87. The molecule has 0 aliphatic heterocycles. The normalized spacial score (nSPS) is 11.0. The molecule has 0 saturated heterocycles. The van der Waals surface area contributed by atoms with Crippen molar-refractivity contribution in [2.75, 3.05) is 13.2 Å². The van der Waals surface area contributed by atoms with E-state index in [1.807, 2.05) is 13.8 Å². The van der Waals surface area contributed by atoms with Crippen LogP contribution in [0.2, 0.25) is 0 Å². The number of rotatable bonds is 8. The summed E-state index contributed by atoms with van der Waals surface area (Å²) >= 11 is 0. The summed E-state index contributed by atoms with van der Waals surface area (Å²) in [5.41, 5.74) is 0.463. The Labute approximate surface area is 285 Å². The van der Waals surface area contributed by atoms with Crippen molar-refractivity contribution in [3.8, 4) is 0 Å². The van der Waals surface area contributed by atoms with E-state index in [0.717, 1.165) is 0 Å². The van der Waals surface area contributed by atoms with Crippen molar-refractivity contribution in [2.24, 2.45) is 0 Å². The summed E-state index contributed by atoms with van der Waals surface area (Å²) in [6.07, 6.45) is 0.727. The van der Waals surface area contributed by atoms with Crippen LogP contribution in [0, 0.1) is 0 Å². The minimum atomic E-state index is -0.879. The van der Waals surface area contributed by atoms with E-state index in [0.29, 0.717) is 35.1 Å². The average Bonchev–Trinajstić information content (AvgIpc) is 3.14. The van der Waals surface area contributed by atoms with Crippen LogP contribution in [0.4, 0.5) is 0 Å². The first kappa shape index (κ1) is 45.7. The molecule has 0 aliphatic rings. The third-order valence-electron chi connectivity index (χ3n) is 5.87. The van der Waals surface area contributed by atoms with Gasteiger partial charge in [0.15, 0.2) is 0 Å². The lowest BCUT2D eigenvalue weighted by atomic mass is 10.1. The molecule has 0 spiro atoms. The van der Waals surface area contributed by atoms with Crippen LogP contribution in [0.5, 0.6) is 0 Å². The van der Waals surface area contributed by atoms with Crippen molar-refractivity contribution < 1.29 is 60.0 Å². The van der Waals surface area contributed by atoms with E-state index in [-0.39, 0.29) is 13.2 Å². The van der Waals surface area contributed by atoms with Gasteiger partial charge in [-0.15, -0.1) is 0 Å². The molecule has 0 fully saturated rings. The molecule has 0 bridgehead atoms. The molecular weight excluding hydrogens is 636 g/mol. The molecule has 0 saturated carbocycles. The number of aliphatic hydroxyl groups is 4. The lowest BCUT2D eigenvalue weighted by Gasteiger charge is -2.16. The molecular formula is C37H46O12. The lowest BCUT2D eigenvalue weighted by molar-refractivity contribution is -0.00108. The summed E-state index contributed by atoms with van der Waals surface area (Å²) in [5, 5.41) is 67.3.